The summed E-state index contributed by atoms with van der Waals surface area (Å²) in [5.41, 5.74) is 10.00. The lowest BCUT2D eigenvalue weighted by Gasteiger charge is -2.03. The molecule has 0 saturated carbocycles. The lowest BCUT2D eigenvalue weighted by atomic mass is 10.1. The third-order valence-corrected chi connectivity index (χ3v) is 3.95. The van der Waals surface area contributed by atoms with Crippen molar-refractivity contribution in [1.29, 1.82) is 0 Å². The Hall–Kier alpha value is -2.12. The molecule has 8 heteroatoms. The zero-order chi connectivity index (χ0) is 21.6. The molecular formula is C20H40N4O4. The Labute approximate surface area is 169 Å². The van der Waals surface area contributed by atoms with E-state index in [1.54, 1.807) is 0 Å². The molecule has 164 valence electrons. The average Bonchev–Trinajstić information content (AvgIpc) is 2.59. The summed E-state index contributed by atoms with van der Waals surface area (Å²) in [4.78, 5) is 41.8. The predicted octanol–water partition coefficient (Wildman–Crippen LogP) is 1.90. The Balaban J connectivity index is 0. The van der Waals surface area contributed by atoms with E-state index in [4.69, 9.17) is 11.5 Å². The summed E-state index contributed by atoms with van der Waals surface area (Å²) in [5.74, 6) is -0.385. The predicted molar refractivity (Wildman–Crippen MR) is 111 cm³/mol. The summed E-state index contributed by atoms with van der Waals surface area (Å²) in [6.45, 7) is 4.57. The van der Waals surface area contributed by atoms with E-state index < -0.39 is 0 Å². The Morgan fingerprint density at radius 3 is 1.11 bits per heavy atom. The summed E-state index contributed by atoms with van der Waals surface area (Å²) in [6.07, 6.45) is 11.2. The molecule has 4 amide bonds. The molecule has 0 aromatic rings. The van der Waals surface area contributed by atoms with E-state index >= 15 is 0 Å². The highest BCUT2D eigenvalue weighted by atomic mass is 16.2. The summed E-state index contributed by atoms with van der Waals surface area (Å²) in [7, 11) is 0. The van der Waals surface area contributed by atoms with E-state index in [0.29, 0.717) is 12.8 Å². The quantitative estimate of drug-likeness (QED) is 0.293. The normalized spacial score (nSPS) is 9.79. The molecule has 0 aromatic heterocycles. The van der Waals surface area contributed by atoms with E-state index in [1.807, 2.05) is 0 Å². The molecular weight excluding hydrogens is 360 g/mol. The van der Waals surface area contributed by atoms with Gasteiger partial charge >= 0.3 is 0 Å². The van der Waals surface area contributed by atoms with Crippen LogP contribution in [0, 0.1) is 0 Å². The number of rotatable bonds is 16. The van der Waals surface area contributed by atoms with Gasteiger partial charge in [0.25, 0.3) is 0 Å². The van der Waals surface area contributed by atoms with E-state index in [2.05, 4.69) is 10.6 Å². The highest BCUT2D eigenvalue weighted by Gasteiger charge is 1.96. The summed E-state index contributed by atoms with van der Waals surface area (Å²) in [6, 6.07) is 0. The lowest BCUT2D eigenvalue weighted by Crippen LogP contribution is -2.21. The standard InChI is InChI=1S/2C10H20N2O2/c1-9(13)11-7-5-3-4-6-8-12-10(2)14;11-9(13)7-5-3-1-2-4-6-8-10(12)14/h3-8H2,1-2H3,(H,11,13)(H,12,14);1-8H2,(H2,11,13)(H2,12,14). The van der Waals surface area contributed by atoms with Crippen LogP contribution >= 0.6 is 0 Å². The number of hydrogen-bond donors (Lipinski definition) is 4. The van der Waals surface area contributed by atoms with Crippen molar-refractivity contribution in [2.45, 2.75) is 90.9 Å². The fourth-order valence-electron chi connectivity index (χ4n) is 2.44. The number of primary amides is 2. The summed E-state index contributed by atoms with van der Waals surface area (Å²) >= 11 is 0. The fraction of sp³-hybridized carbons (Fsp3) is 0.800. The van der Waals surface area contributed by atoms with Gasteiger partial charge in [-0.15, -0.1) is 0 Å². The average molecular weight is 401 g/mol. The minimum atomic E-state index is -0.223. The molecule has 0 aliphatic rings. The molecule has 0 atom stereocenters. The van der Waals surface area contributed by atoms with Crippen LogP contribution in [0.25, 0.3) is 0 Å². The monoisotopic (exact) mass is 400 g/mol. The van der Waals surface area contributed by atoms with Crippen molar-refractivity contribution in [3.63, 3.8) is 0 Å². The molecule has 0 heterocycles. The van der Waals surface area contributed by atoms with Crippen LogP contribution in [-0.2, 0) is 19.2 Å². The molecule has 0 unspecified atom stereocenters. The molecule has 8 nitrogen and oxygen atoms in total. The number of carbonyl (C=O) groups is 4. The molecule has 0 spiro atoms. The van der Waals surface area contributed by atoms with Gasteiger partial charge in [-0.2, -0.15) is 0 Å². The molecule has 0 saturated heterocycles. The second-order valence-corrected chi connectivity index (χ2v) is 6.93. The van der Waals surface area contributed by atoms with Gasteiger partial charge in [0.15, 0.2) is 0 Å². The van der Waals surface area contributed by atoms with Crippen LogP contribution < -0.4 is 22.1 Å². The molecule has 0 aliphatic heterocycles. The van der Waals surface area contributed by atoms with Gasteiger partial charge in [-0.05, 0) is 25.7 Å². The molecule has 28 heavy (non-hydrogen) atoms. The van der Waals surface area contributed by atoms with Gasteiger partial charge in [0.2, 0.25) is 23.6 Å². The first kappa shape index (κ1) is 28.1. The van der Waals surface area contributed by atoms with Gasteiger partial charge in [-0.25, -0.2) is 0 Å². The Kier molecular flexibility index (Phi) is 21.3. The highest BCUT2D eigenvalue weighted by Crippen LogP contribution is 2.07. The summed E-state index contributed by atoms with van der Waals surface area (Å²) < 4.78 is 0. The first-order valence-corrected chi connectivity index (χ1v) is 10.3. The largest absolute Gasteiger partial charge is 0.370 e. The smallest absolute Gasteiger partial charge is 0.217 e. The lowest BCUT2D eigenvalue weighted by molar-refractivity contribution is -0.119. The van der Waals surface area contributed by atoms with Crippen molar-refractivity contribution in [1.82, 2.24) is 10.6 Å². The van der Waals surface area contributed by atoms with Gasteiger partial charge in [-0.3, -0.25) is 19.2 Å². The first-order valence-electron chi connectivity index (χ1n) is 10.3. The Morgan fingerprint density at radius 1 is 0.536 bits per heavy atom. The first-order chi connectivity index (χ1) is 13.3. The topological polar surface area (TPSA) is 144 Å². The molecule has 6 N–H and O–H groups in total. The highest BCUT2D eigenvalue weighted by molar-refractivity contribution is 5.74. The number of hydrogen-bond acceptors (Lipinski definition) is 4. The number of amides is 4. The van der Waals surface area contributed by atoms with E-state index in [1.165, 1.54) is 13.8 Å². The SMILES string of the molecule is CC(=O)NCCCCCCNC(C)=O.NC(=O)CCCCCCCCC(N)=O. The zero-order valence-electron chi connectivity index (χ0n) is 17.7. The van der Waals surface area contributed by atoms with Crippen molar-refractivity contribution in [3.05, 3.63) is 0 Å². The third-order valence-electron chi connectivity index (χ3n) is 3.95. The third kappa shape index (κ3) is 31.6. The van der Waals surface area contributed by atoms with E-state index in [0.717, 1.165) is 77.3 Å². The van der Waals surface area contributed by atoms with E-state index in [-0.39, 0.29) is 23.6 Å². The maximum absolute atomic E-state index is 10.5. The van der Waals surface area contributed by atoms with Gasteiger partial charge in [-0.1, -0.05) is 38.5 Å². The maximum Gasteiger partial charge on any atom is 0.217 e. The number of nitrogens with one attached hydrogen (secondary N) is 2. The van der Waals surface area contributed by atoms with Crippen LogP contribution in [0.1, 0.15) is 90.9 Å². The van der Waals surface area contributed by atoms with Crippen LogP contribution in [0.5, 0.6) is 0 Å². The minimum Gasteiger partial charge on any atom is -0.370 e. The molecule has 0 radical (unpaired) electrons. The molecule has 0 aromatic carbocycles. The second kappa shape index (κ2) is 21.2. The molecule has 0 fully saturated rings. The van der Waals surface area contributed by atoms with E-state index in [9.17, 15) is 19.2 Å². The van der Waals surface area contributed by atoms with Gasteiger partial charge in [0.1, 0.15) is 0 Å². The van der Waals surface area contributed by atoms with Crippen molar-refractivity contribution in [3.8, 4) is 0 Å². The summed E-state index contributed by atoms with van der Waals surface area (Å²) in [5, 5.41) is 5.49. The van der Waals surface area contributed by atoms with Crippen molar-refractivity contribution in [2.75, 3.05) is 13.1 Å². The Bertz CT molecular complexity index is 362. The Morgan fingerprint density at radius 2 is 0.821 bits per heavy atom. The second-order valence-electron chi connectivity index (χ2n) is 6.93. The minimum absolute atomic E-state index is 0.0308. The number of carbonyl (C=O) groups excluding carboxylic acids is 4. The van der Waals surface area contributed by atoms with Crippen molar-refractivity contribution < 1.29 is 19.2 Å². The van der Waals surface area contributed by atoms with Crippen LogP contribution in [0.3, 0.4) is 0 Å². The number of unbranched alkanes of at least 4 members (excludes halogenated alkanes) is 8. The zero-order valence-corrected chi connectivity index (χ0v) is 17.7. The van der Waals surface area contributed by atoms with Gasteiger partial charge in [0, 0.05) is 39.8 Å². The van der Waals surface area contributed by atoms with Crippen LogP contribution in [-0.4, -0.2) is 36.7 Å². The molecule has 0 rings (SSSR count). The maximum atomic E-state index is 10.5. The van der Waals surface area contributed by atoms with Gasteiger partial charge < -0.3 is 22.1 Å². The van der Waals surface area contributed by atoms with Gasteiger partial charge in [0.05, 0.1) is 0 Å². The number of nitrogens with two attached hydrogens (primary N) is 2. The fourth-order valence-corrected chi connectivity index (χ4v) is 2.44. The van der Waals surface area contributed by atoms with Crippen molar-refractivity contribution in [2.24, 2.45) is 11.5 Å². The molecule has 0 aliphatic carbocycles. The van der Waals surface area contributed by atoms with Crippen LogP contribution in [0.15, 0.2) is 0 Å². The van der Waals surface area contributed by atoms with Crippen LogP contribution in [0.4, 0.5) is 0 Å². The molecule has 0 bridgehead atoms. The van der Waals surface area contributed by atoms with Crippen LogP contribution in [0.2, 0.25) is 0 Å². The van der Waals surface area contributed by atoms with Crippen molar-refractivity contribution >= 4 is 23.6 Å².